The summed E-state index contributed by atoms with van der Waals surface area (Å²) in [6, 6.07) is 23.8. The van der Waals surface area contributed by atoms with Gasteiger partial charge in [0.15, 0.2) is 0 Å². The minimum absolute atomic E-state index is 0.111. The lowest BCUT2D eigenvalue weighted by atomic mass is 10.2. The van der Waals surface area contributed by atoms with E-state index in [1.165, 1.54) is 5.69 Å². The summed E-state index contributed by atoms with van der Waals surface area (Å²) >= 11 is 0. The number of para-hydroxylation sites is 1. The molecule has 160 valence electrons. The van der Waals surface area contributed by atoms with E-state index in [-0.39, 0.29) is 5.91 Å². The highest BCUT2D eigenvalue weighted by molar-refractivity contribution is 5.94. The molecule has 0 fully saturated rings. The van der Waals surface area contributed by atoms with Gasteiger partial charge >= 0.3 is 0 Å². The Morgan fingerprint density at radius 2 is 1.45 bits per heavy atom. The number of primary amides is 1. The van der Waals surface area contributed by atoms with Gasteiger partial charge in [-0.1, -0.05) is 18.2 Å². The Morgan fingerprint density at radius 3 is 2.00 bits per heavy atom. The maximum atomic E-state index is 12.4. The third-order valence-corrected chi connectivity index (χ3v) is 4.88. The minimum Gasteiger partial charge on any atom is -0.457 e. The molecule has 0 saturated heterocycles. The zero-order chi connectivity index (χ0) is 22.1. The second-order valence-corrected chi connectivity index (χ2v) is 7.04. The normalized spacial score (nSPS) is 10.4. The van der Waals surface area contributed by atoms with Crippen LogP contribution in [0.2, 0.25) is 0 Å². The third-order valence-electron chi connectivity index (χ3n) is 4.88. The third kappa shape index (κ3) is 6.34. The SMILES string of the molecule is CCN(CCCNC(=O)c1ccc(Oc2ccc(C(N)=O)cc2)cc1)c1ccccc1. The molecule has 2 amide bonds. The first-order valence-corrected chi connectivity index (χ1v) is 10.3. The summed E-state index contributed by atoms with van der Waals surface area (Å²) < 4.78 is 5.74. The smallest absolute Gasteiger partial charge is 0.251 e. The molecule has 0 aliphatic rings. The largest absolute Gasteiger partial charge is 0.457 e. The van der Waals surface area contributed by atoms with Crippen molar-refractivity contribution in [1.82, 2.24) is 5.32 Å². The molecule has 0 spiro atoms. The highest BCUT2D eigenvalue weighted by Gasteiger charge is 2.08. The Balaban J connectivity index is 1.46. The van der Waals surface area contributed by atoms with Crippen LogP contribution < -0.4 is 20.7 Å². The van der Waals surface area contributed by atoms with Crippen molar-refractivity contribution in [2.45, 2.75) is 13.3 Å². The number of hydrogen-bond donors (Lipinski definition) is 2. The van der Waals surface area contributed by atoms with Gasteiger partial charge in [0.05, 0.1) is 0 Å². The van der Waals surface area contributed by atoms with Crippen LogP contribution in [0.3, 0.4) is 0 Å². The molecule has 0 radical (unpaired) electrons. The van der Waals surface area contributed by atoms with E-state index in [0.717, 1.165) is 19.5 Å². The highest BCUT2D eigenvalue weighted by Crippen LogP contribution is 2.22. The van der Waals surface area contributed by atoms with Crippen LogP contribution in [0.4, 0.5) is 5.69 Å². The monoisotopic (exact) mass is 417 g/mol. The topological polar surface area (TPSA) is 84.7 Å². The molecule has 6 heteroatoms. The molecule has 0 atom stereocenters. The van der Waals surface area contributed by atoms with Crippen LogP contribution in [0.1, 0.15) is 34.1 Å². The van der Waals surface area contributed by atoms with Crippen molar-refractivity contribution in [3.05, 3.63) is 90.0 Å². The minimum atomic E-state index is -0.482. The van der Waals surface area contributed by atoms with Crippen molar-refractivity contribution in [1.29, 1.82) is 0 Å². The van der Waals surface area contributed by atoms with Gasteiger partial charge in [-0.15, -0.1) is 0 Å². The predicted molar refractivity (Wildman–Crippen MR) is 123 cm³/mol. The van der Waals surface area contributed by atoms with Crippen LogP contribution in [-0.4, -0.2) is 31.4 Å². The lowest BCUT2D eigenvalue weighted by molar-refractivity contribution is 0.0952. The first-order chi connectivity index (χ1) is 15.1. The zero-order valence-corrected chi connectivity index (χ0v) is 17.6. The van der Waals surface area contributed by atoms with Crippen LogP contribution in [0.5, 0.6) is 11.5 Å². The Hall–Kier alpha value is -3.80. The fraction of sp³-hybridized carbons (Fsp3) is 0.200. The second-order valence-electron chi connectivity index (χ2n) is 7.04. The van der Waals surface area contributed by atoms with Crippen LogP contribution in [-0.2, 0) is 0 Å². The van der Waals surface area contributed by atoms with Gasteiger partial charge in [0, 0.05) is 36.4 Å². The van der Waals surface area contributed by atoms with E-state index in [4.69, 9.17) is 10.5 Å². The van der Waals surface area contributed by atoms with Gasteiger partial charge in [-0.05, 0) is 74.0 Å². The van der Waals surface area contributed by atoms with Crippen molar-refractivity contribution in [3.63, 3.8) is 0 Å². The summed E-state index contributed by atoms with van der Waals surface area (Å²) in [5, 5.41) is 2.97. The molecule has 3 aromatic rings. The lowest BCUT2D eigenvalue weighted by Gasteiger charge is -2.23. The molecule has 3 aromatic carbocycles. The van der Waals surface area contributed by atoms with E-state index >= 15 is 0 Å². The zero-order valence-electron chi connectivity index (χ0n) is 17.6. The molecule has 0 unspecified atom stereocenters. The molecule has 0 aliphatic carbocycles. The summed E-state index contributed by atoms with van der Waals surface area (Å²) in [6.07, 6.45) is 0.858. The first-order valence-electron chi connectivity index (χ1n) is 10.3. The van der Waals surface area contributed by atoms with Gasteiger partial charge in [-0.2, -0.15) is 0 Å². The number of carbonyl (C=O) groups excluding carboxylic acids is 2. The van der Waals surface area contributed by atoms with Crippen LogP contribution in [0.15, 0.2) is 78.9 Å². The molecule has 3 rings (SSSR count). The van der Waals surface area contributed by atoms with Crippen molar-refractivity contribution in [2.24, 2.45) is 5.73 Å². The van der Waals surface area contributed by atoms with Crippen molar-refractivity contribution < 1.29 is 14.3 Å². The molecular weight excluding hydrogens is 390 g/mol. The predicted octanol–water partition coefficient (Wildman–Crippen LogP) is 4.22. The van der Waals surface area contributed by atoms with Crippen molar-refractivity contribution in [2.75, 3.05) is 24.5 Å². The van der Waals surface area contributed by atoms with E-state index in [9.17, 15) is 9.59 Å². The number of carbonyl (C=O) groups is 2. The van der Waals surface area contributed by atoms with Crippen LogP contribution >= 0.6 is 0 Å². The van der Waals surface area contributed by atoms with Crippen LogP contribution in [0, 0.1) is 0 Å². The number of nitrogens with one attached hydrogen (secondary N) is 1. The van der Waals surface area contributed by atoms with Crippen molar-refractivity contribution >= 4 is 17.5 Å². The molecule has 3 N–H and O–H groups in total. The average molecular weight is 418 g/mol. The average Bonchev–Trinajstić information content (AvgIpc) is 2.80. The fourth-order valence-corrected chi connectivity index (χ4v) is 3.18. The van der Waals surface area contributed by atoms with E-state index in [1.807, 2.05) is 18.2 Å². The number of ether oxygens (including phenoxy) is 1. The van der Waals surface area contributed by atoms with E-state index in [1.54, 1.807) is 48.5 Å². The summed E-state index contributed by atoms with van der Waals surface area (Å²) in [5.41, 5.74) is 7.42. The second kappa shape index (κ2) is 10.8. The number of anilines is 1. The molecule has 0 bridgehead atoms. The van der Waals surface area contributed by atoms with Gasteiger partial charge in [-0.3, -0.25) is 9.59 Å². The summed E-state index contributed by atoms with van der Waals surface area (Å²) in [7, 11) is 0. The van der Waals surface area contributed by atoms with Gasteiger partial charge in [0.1, 0.15) is 11.5 Å². The standard InChI is InChI=1S/C25H27N3O3/c1-2-28(21-7-4-3-5-8-21)18-6-17-27-25(30)20-11-15-23(16-12-20)31-22-13-9-19(10-14-22)24(26)29/h3-5,7-16H,2,6,17-18H2,1H3,(H2,26,29)(H,27,30). The Labute approximate surface area is 182 Å². The first kappa shape index (κ1) is 21.9. The van der Waals surface area contributed by atoms with E-state index < -0.39 is 5.91 Å². The van der Waals surface area contributed by atoms with Crippen LogP contribution in [0.25, 0.3) is 0 Å². The molecule has 31 heavy (non-hydrogen) atoms. The van der Waals surface area contributed by atoms with E-state index in [0.29, 0.717) is 29.2 Å². The fourth-order valence-electron chi connectivity index (χ4n) is 3.18. The number of nitrogens with zero attached hydrogens (tertiary/aromatic N) is 1. The molecule has 0 aromatic heterocycles. The Morgan fingerprint density at radius 1 is 0.871 bits per heavy atom. The molecular formula is C25H27N3O3. The van der Waals surface area contributed by atoms with E-state index in [2.05, 4.69) is 29.3 Å². The lowest BCUT2D eigenvalue weighted by Crippen LogP contribution is -2.29. The number of nitrogens with two attached hydrogens (primary N) is 1. The molecule has 6 nitrogen and oxygen atoms in total. The number of rotatable bonds is 10. The number of amides is 2. The van der Waals surface area contributed by atoms with Crippen molar-refractivity contribution in [3.8, 4) is 11.5 Å². The maximum Gasteiger partial charge on any atom is 0.251 e. The summed E-state index contributed by atoms with van der Waals surface area (Å²) in [5.74, 6) is 0.593. The Bertz CT molecular complexity index is 987. The molecule has 0 aliphatic heterocycles. The number of benzene rings is 3. The maximum absolute atomic E-state index is 12.4. The van der Waals surface area contributed by atoms with Gasteiger partial charge < -0.3 is 20.7 Å². The quantitative estimate of drug-likeness (QED) is 0.484. The Kier molecular flexibility index (Phi) is 7.65. The molecule has 0 heterocycles. The van der Waals surface area contributed by atoms with Gasteiger partial charge in [0.2, 0.25) is 5.91 Å². The van der Waals surface area contributed by atoms with Gasteiger partial charge in [-0.25, -0.2) is 0 Å². The molecule has 0 saturated carbocycles. The van der Waals surface area contributed by atoms with Gasteiger partial charge in [0.25, 0.3) is 5.91 Å². The highest BCUT2D eigenvalue weighted by atomic mass is 16.5. The summed E-state index contributed by atoms with van der Waals surface area (Å²) in [6.45, 7) is 4.53. The number of hydrogen-bond acceptors (Lipinski definition) is 4. The summed E-state index contributed by atoms with van der Waals surface area (Å²) in [4.78, 5) is 25.8.